The highest BCUT2D eigenvalue weighted by atomic mass is 16.5. The van der Waals surface area contributed by atoms with Gasteiger partial charge in [-0.1, -0.05) is 13.8 Å². The van der Waals surface area contributed by atoms with E-state index in [1.54, 1.807) is 0 Å². The van der Waals surface area contributed by atoms with E-state index in [4.69, 9.17) is 9.47 Å². The third kappa shape index (κ3) is 4.06. The lowest BCUT2D eigenvalue weighted by Crippen LogP contribution is -2.43. The van der Waals surface area contributed by atoms with Crippen LogP contribution in [0, 0.1) is 6.92 Å². The van der Waals surface area contributed by atoms with Crippen molar-refractivity contribution in [2.24, 2.45) is 0 Å². The van der Waals surface area contributed by atoms with E-state index in [9.17, 15) is 0 Å². The van der Waals surface area contributed by atoms with Crippen LogP contribution in [0.2, 0.25) is 0 Å². The number of rotatable bonds is 6. The van der Waals surface area contributed by atoms with Crippen molar-refractivity contribution >= 4 is 5.95 Å². The molecule has 1 unspecified atom stereocenters. The highest BCUT2D eigenvalue weighted by molar-refractivity contribution is 5.32. The molecule has 0 bridgehead atoms. The Labute approximate surface area is 127 Å². The molecule has 0 aliphatic carbocycles. The van der Waals surface area contributed by atoms with Gasteiger partial charge < -0.3 is 14.8 Å². The topological polar surface area (TPSA) is 56.3 Å². The van der Waals surface area contributed by atoms with Gasteiger partial charge in [-0.15, -0.1) is 0 Å². The van der Waals surface area contributed by atoms with Gasteiger partial charge in [-0.05, 0) is 39.5 Å². The summed E-state index contributed by atoms with van der Waals surface area (Å²) in [7, 11) is 0. The van der Waals surface area contributed by atoms with E-state index in [1.165, 1.54) is 0 Å². The third-order valence-corrected chi connectivity index (χ3v) is 4.24. The van der Waals surface area contributed by atoms with Gasteiger partial charge in [0, 0.05) is 24.4 Å². The van der Waals surface area contributed by atoms with Gasteiger partial charge in [0.25, 0.3) is 0 Å². The molecule has 1 fully saturated rings. The van der Waals surface area contributed by atoms with Crippen LogP contribution in [-0.2, 0) is 4.74 Å². The van der Waals surface area contributed by atoms with Gasteiger partial charge in [0.05, 0.1) is 12.2 Å². The van der Waals surface area contributed by atoms with Gasteiger partial charge in [0.2, 0.25) is 11.8 Å². The first-order valence-electron chi connectivity index (χ1n) is 7.99. The van der Waals surface area contributed by atoms with Gasteiger partial charge in [0.1, 0.15) is 0 Å². The zero-order chi connectivity index (χ0) is 15.3. The molecule has 0 radical (unpaired) electrons. The summed E-state index contributed by atoms with van der Waals surface area (Å²) in [6.45, 7) is 9.72. The predicted molar refractivity (Wildman–Crippen MR) is 83.8 cm³/mol. The molecule has 0 amide bonds. The highest BCUT2D eigenvalue weighted by Crippen LogP contribution is 2.32. The lowest BCUT2D eigenvalue weighted by molar-refractivity contribution is -0.0865. The summed E-state index contributed by atoms with van der Waals surface area (Å²) < 4.78 is 11.5. The van der Waals surface area contributed by atoms with Gasteiger partial charge in [-0.3, -0.25) is 0 Å². The van der Waals surface area contributed by atoms with Crippen molar-refractivity contribution in [3.63, 3.8) is 0 Å². The average Bonchev–Trinajstić information content (AvgIpc) is 2.47. The van der Waals surface area contributed by atoms with Crippen molar-refractivity contribution in [1.29, 1.82) is 0 Å². The second-order valence-corrected chi connectivity index (χ2v) is 5.68. The molecule has 1 aromatic heterocycles. The summed E-state index contributed by atoms with van der Waals surface area (Å²) in [5.41, 5.74) is 0.919. The van der Waals surface area contributed by atoms with E-state index in [0.717, 1.165) is 38.0 Å². The van der Waals surface area contributed by atoms with Crippen molar-refractivity contribution in [3.8, 4) is 5.88 Å². The number of nitrogens with one attached hydrogen (secondary N) is 1. The molecule has 1 atom stereocenters. The molecule has 2 heterocycles. The van der Waals surface area contributed by atoms with Crippen molar-refractivity contribution in [1.82, 2.24) is 9.97 Å². The lowest BCUT2D eigenvalue weighted by Gasteiger charge is -2.40. The second kappa shape index (κ2) is 7.07. The average molecular weight is 293 g/mol. The van der Waals surface area contributed by atoms with Gasteiger partial charge >= 0.3 is 0 Å². The molecule has 1 aromatic rings. The van der Waals surface area contributed by atoms with E-state index in [1.807, 2.05) is 19.9 Å². The minimum Gasteiger partial charge on any atom is -0.478 e. The maximum absolute atomic E-state index is 6.01. The molecule has 118 valence electrons. The lowest BCUT2D eigenvalue weighted by atomic mass is 9.86. The molecule has 5 heteroatoms. The summed E-state index contributed by atoms with van der Waals surface area (Å²) in [5.74, 6) is 1.29. The first kappa shape index (κ1) is 16.0. The molecular weight excluding hydrogens is 266 g/mol. The second-order valence-electron chi connectivity index (χ2n) is 5.68. The number of aromatic nitrogens is 2. The predicted octanol–water partition coefficient (Wildman–Crippen LogP) is 3.33. The standard InChI is InChI=1S/C16H27N3O2/c1-5-16(6-2)11-13(8-9-21-16)18-15-17-12(4)10-14(19-15)20-7-3/h10,13H,5-9,11H2,1-4H3,(H,17,18,19). The molecule has 2 rings (SSSR count). The number of nitrogens with zero attached hydrogens (tertiary/aromatic N) is 2. The number of aryl methyl sites for hydroxylation is 1. The van der Waals surface area contributed by atoms with Crippen LogP contribution in [-0.4, -0.2) is 34.8 Å². The van der Waals surface area contributed by atoms with Crippen LogP contribution in [0.3, 0.4) is 0 Å². The fourth-order valence-electron chi connectivity index (χ4n) is 2.90. The zero-order valence-corrected chi connectivity index (χ0v) is 13.6. The smallest absolute Gasteiger partial charge is 0.226 e. The number of hydrogen-bond acceptors (Lipinski definition) is 5. The Morgan fingerprint density at radius 1 is 1.33 bits per heavy atom. The molecule has 1 aliphatic heterocycles. The van der Waals surface area contributed by atoms with Crippen molar-refractivity contribution in [3.05, 3.63) is 11.8 Å². The zero-order valence-electron chi connectivity index (χ0n) is 13.6. The van der Waals surface area contributed by atoms with Crippen molar-refractivity contribution in [2.45, 2.75) is 65.0 Å². The monoisotopic (exact) mass is 293 g/mol. The van der Waals surface area contributed by atoms with Crippen molar-refractivity contribution < 1.29 is 9.47 Å². The van der Waals surface area contributed by atoms with E-state index in [-0.39, 0.29) is 5.60 Å². The molecule has 1 aliphatic rings. The quantitative estimate of drug-likeness (QED) is 0.872. The van der Waals surface area contributed by atoms with E-state index < -0.39 is 0 Å². The summed E-state index contributed by atoms with van der Waals surface area (Å²) in [4.78, 5) is 8.90. The number of hydrogen-bond donors (Lipinski definition) is 1. The Bertz CT molecular complexity index is 461. The van der Waals surface area contributed by atoms with Crippen molar-refractivity contribution in [2.75, 3.05) is 18.5 Å². The molecule has 21 heavy (non-hydrogen) atoms. The first-order valence-corrected chi connectivity index (χ1v) is 7.99. The SMILES string of the molecule is CCOc1cc(C)nc(NC2CCOC(CC)(CC)C2)n1. The van der Waals surface area contributed by atoms with Crippen LogP contribution in [0.1, 0.15) is 52.1 Å². The minimum absolute atomic E-state index is 0.00247. The molecule has 5 nitrogen and oxygen atoms in total. The Kier molecular flexibility index (Phi) is 5.39. The van der Waals surface area contributed by atoms with Crippen LogP contribution in [0.15, 0.2) is 6.07 Å². The molecular formula is C16H27N3O2. The normalized spacial score (nSPS) is 21.0. The van der Waals surface area contributed by atoms with Gasteiger partial charge in [-0.25, -0.2) is 4.98 Å². The van der Waals surface area contributed by atoms with Gasteiger partial charge in [-0.2, -0.15) is 4.98 Å². The Hall–Kier alpha value is -1.36. The van der Waals surface area contributed by atoms with Crippen LogP contribution in [0.5, 0.6) is 5.88 Å². The van der Waals surface area contributed by atoms with Crippen LogP contribution < -0.4 is 10.1 Å². The molecule has 0 aromatic carbocycles. The molecule has 1 N–H and O–H groups in total. The fourth-order valence-corrected chi connectivity index (χ4v) is 2.90. The fraction of sp³-hybridized carbons (Fsp3) is 0.750. The summed E-state index contributed by atoms with van der Waals surface area (Å²) in [6.07, 6.45) is 4.07. The maximum Gasteiger partial charge on any atom is 0.226 e. The highest BCUT2D eigenvalue weighted by Gasteiger charge is 2.34. The largest absolute Gasteiger partial charge is 0.478 e. The Morgan fingerprint density at radius 2 is 2.10 bits per heavy atom. The summed E-state index contributed by atoms with van der Waals surface area (Å²) >= 11 is 0. The number of ether oxygens (including phenoxy) is 2. The van der Waals surface area contributed by atoms with E-state index in [0.29, 0.717) is 24.5 Å². The minimum atomic E-state index is 0.00247. The van der Waals surface area contributed by atoms with Crippen LogP contribution in [0.25, 0.3) is 0 Å². The third-order valence-electron chi connectivity index (χ3n) is 4.24. The Balaban J connectivity index is 2.07. The summed E-state index contributed by atoms with van der Waals surface area (Å²) in [6, 6.07) is 2.22. The molecule has 1 saturated heterocycles. The van der Waals surface area contributed by atoms with Crippen LogP contribution >= 0.6 is 0 Å². The molecule has 0 spiro atoms. The Morgan fingerprint density at radius 3 is 2.76 bits per heavy atom. The van der Waals surface area contributed by atoms with E-state index in [2.05, 4.69) is 29.1 Å². The van der Waals surface area contributed by atoms with Gasteiger partial charge in [0.15, 0.2) is 0 Å². The first-order chi connectivity index (χ1) is 10.1. The summed E-state index contributed by atoms with van der Waals surface area (Å²) in [5, 5.41) is 3.46. The van der Waals surface area contributed by atoms with E-state index >= 15 is 0 Å². The number of anilines is 1. The maximum atomic E-state index is 6.01. The molecule has 0 saturated carbocycles. The van der Waals surface area contributed by atoms with Crippen LogP contribution in [0.4, 0.5) is 5.95 Å².